The van der Waals surface area contributed by atoms with Gasteiger partial charge < -0.3 is 5.32 Å². The van der Waals surface area contributed by atoms with E-state index in [0.717, 1.165) is 6.04 Å². The maximum atomic E-state index is 3.58. The Morgan fingerprint density at radius 1 is 1.00 bits per heavy atom. The lowest BCUT2D eigenvalue weighted by Gasteiger charge is -2.33. The predicted octanol–water partition coefficient (Wildman–Crippen LogP) is 3.42. The van der Waals surface area contributed by atoms with Gasteiger partial charge in [-0.3, -0.25) is 4.90 Å². The molecule has 0 bridgehead atoms. The van der Waals surface area contributed by atoms with Gasteiger partial charge in [0.2, 0.25) is 0 Å². The minimum absolute atomic E-state index is 0.881. The number of hydrogen-bond donors (Lipinski definition) is 1. The molecule has 0 aromatic heterocycles. The molecule has 0 aliphatic heterocycles. The van der Waals surface area contributed by atoms with Crippen molar-refractivity contribution in [1.29, 1.82) is 0 Å². The molecule has 102 valence electrons. The largest absolute Gasteiger partial charge is 0.315 e. The van der Waals surface area contributed by atoms with Gasteiger partial charge in [0.05, 0.1) is 0 Å². The second kappa shape index (κ2) is 9.90. The van der Waals surface area contributed by atoms with E-state index in [1.807, 2.05) is 0 Å². The van der Waals surface area contributed by atoms with Crippen LogP contribution in [0.3, 0.4) is 0 Å². The van der Waals surface area contributed by atoms with E-state index in [-0.39, 0.29) is 0 Å². The first-order valence-electron chi connectivity index (χ1n) is 7.83. The molecule has 0 heterocycles. The number of hydrogen-bond acceptors (Lipinski definition) is 2. The maximum Gasteiger partial charge on any atom is 0.0110 e. The predicted molar refractivity (Wildman–Crippen MR) is 76.5 cm³/mol. The van der Waals surface area contributed by atoms with Crippen molar-refractivity contribution in [2.75, 3.05) is 26.2 Å². The smallest absolute Gasteiger partial charge is 0.0110 e. The summed E-state index contributed by atoms with van der Waals surface area (Å²) in [5.74, 6) is 0. The van der Waals surface area contributed by atoms with Gasteiger partial charge in [-0.1, -0.05) is 46.0 Å². The van der Waals surface area contributed by atoms with Crippen LogP contribution >= 0.6 is 0 Å². The van der Waals surface area contributed by atoms with Crippen molar-refractivity contribution < 1.29 is 0 Å². The van der Waals surface area contributed by atoms with Gasteiger partial charge in [0.25, 0.3) is 0 Å². The van der Waals surface area contributed by atoms with Gasteiger partial charge in [-0.25, -0.2) is 0 Å². The van der Waals surface area contributed by atoms with Gasteiger partial charge in [-0.2, -0.15) is 0 Å². The first kappa shape index (κ1) is 15.0. The molecule has 0 unspecified atom stereocenters. The zero-order valence-electron chi connectivity index (χ0n) is 12.0. The Morgan fingerprint density at radius 3 is 2.41 bits per heavy atom. The maximum absolute atomic E-state index is 3.58. The first-order valence-corrected chi connectivity index (χ1v) is 7.83. The molecule has 2 heteroatoms. The molecular formula is C15H32N2. The van der Waals surface area contributed by atoms with E-state index in [0.29, 0.717) is 0 Å². The van der Waals surface area contributed by atoms with E-state index >= 15 is 0 Å². The van der Waals surface area contributed by atoms with Crippen LogP contribution in [0.5, 0.6) is 0 Å². The quantitative estimate of drug-likeness (QED) is 0.621. The van der Waals surface area contributed by atoms with Crippen LogP contribution in [0.25, 0.3) is 0 Å². The molecule has 1 N–H and O–H groups in total. The second-order valence-corrected chi connectivity index (χ2v) is 5.38. The molecule has 0 radical (unpaired) electrons. The Kier molecular flexibility index (Phi) is 8.72. The summed E-state index contributed by atoms with van der Waals surface area (Å²) in [6.45, 7) is 9.42. The third kappa shape index (κ3) is 6.42. The Balaban J connectivity index is 2.05. The molecule has 0 aromatic rings. The fourth-order valence-corrected chi connectivity index (χ4v) is 2.89. The van der Waals surface area contributed by atoms with E-state index in [1.165, 1.54) is 77.5 Å². The van der Waals surface area contributed by atoms with Crippen LogP contribution in [0.15, 0.2) is 0 Å². The molecular weight excluding hydrogens is 208 g/mol. The van der Waals surface area contributed by atoms with Crippen molar-refractivity contribution in [1.82, 2.24) is 10.2 Å². The Morgan fingerprint density at radius 2 is 1.76 bits per heavy atom. The Hall–Kier alpha value is -0.0800. The highest BCUT2D eigenvalue weighted by atomic mass is 15.2. The third-order valence-electron chi connectivity index (χ3n) is 4.03. The van der Waals surface area contributed by atoms with Gasteiger partial charge in [0.15, 0.2) is 0 Å². The topological polar surface area (TPSA) is 15.3 Å². The van der Waals surface area contributed by atoms with E-state index < -0.39 is 0 Å². The number of rotatable bonds is 9. The lowest BCUT2D eigenvalue weighted by atomic mass is 9.94. The summed E-state index contributed by atoms with van der Waals surface area (Å²) in [7, 11) is 0. The first-order chi connectivity index (χ1) is 8.38. The Labute approximate surface area is 108 Å². The van der Waals surface area contributed by atoms with E-state index in [4.69, 9.17) is 0 Å². The Bertz CT molecular complexity index is 164. The fourth-order valence-electron chi connectivity index (χ4n) is 2.89. The molecule has 0 spiro atoms. The molecule has 0 atom stereocenters. The van der Waals surface area contributed by atoms with Crippen LogP contribution in [0.4, 0.5) is 0 Å². The molecule has 1 fully saturated rings. The summed E-state index contributed by atoms with van der Waals surface area (Å²) in [5, 5.41) is 3.58. The van der Waals surface area contributed by atoms with E-state index in [1.54, 1.807) is 0 Å². The number of likely N-dealkylation sites (N-methyl/N-ethyl adjacent to an activating group) is 1. The molecule has 1 aliphatic carbocycles. The summed E-state index contributed by atoms with van der Waals surface area (Å²) in [6, 6.07) is 0.881. The van der Waals surface area contributed by atoms with Crippen LogP contribution in [0, 0.1) is 0 Å². The highest BCUT2D eigenvalue weighted by Crippen LogP contribution is 2.21. The van der Waals surface area contributed by atoms with Crippen molar-refractivity contribution in [2.24, 2.45) is 0 Å². The van der Waals surface area contributed by atoms with E-state index in [2.05, 4.69) is 24.1 Å². The van der Waals surface area contributed by atoms with Crippen LogP contribution in [-0.2, 0) is 0 Å². The minimum Gasteiger partial charge on any atom is -0.315 e. The number of unbranched alkanes of at least 4 members (excludes halogenated alkanes) is 2. The van der Waals surface area contributed by atoms with Crippen molar-refractivity contribution in [2.45, 2.75) is 71.3 Å². The number of nitrogens with one attached hydrogen (secondary N) is 1. The average molecular weight is 240 g/mol. The summed E-state index contributed by atoms with van der Waals surface area (Å²) >= 11 is 0. The summed E-state index contributed by atoms with van der Waals surface area (Å²) in [5.41, 5.74) is 0. The average Bonchev–Trinajstić information content (AvgIpc) is 2.39. The summed E-state index contributed by atoms with van der Waals surface area (Å²) in [4.78, 5) is 2.69. The van der Waals surface area contributed by atoms with Crippen molar-refractivity contribution >= 4 is 0 Å². The molecule has 17 heavy (non-hydrogen) atoms. The summed E-state index contributed by atoms with van der Waals surface area (Å²) in [6.07, 6.45) is 11.3. The van der Waals surface area contributed by atoms with Crippen LogP contribution in [0.2, 0.25) is 0 Å². The fraction of sp³-hybridized carbons (Fsp3) is 1.00. The van der Waals surface area contributed by atoms with E-state index in [9.17, 15) is 0 Å². The molecule has 0 aromatic carbocycles. The normalized spacial score (nSPS) is 17.8. The van der Waals surface area contributed by atoms with Gasteiger partial charge in [-0.15, -0.1) is 0 Å². The van der Waals surface area contributed by atoms with Crippen LogP contribution in [0.1, 0.15) is 65.2 Å². The van der Waals surface area contributed by atoms with Crippen molar-refractivity contribution in [3.63, 3.8) is 0 Å². The molecule has 2 nitrogen and oxygen atoms in total. The summed E-state index contributed by atoms with van der Waals surface area (Å²) < 4.78 is 0. The lowest BCUT2D eigenvalue weighted by molar-refractivity contribution is 0.164. The minimum atomic E-state index is 0.881. The monoisotopic (exact) mass is 240 g/mol. The van der Waals surface area contributed by atoms with Crippen molar-refractivity contribution in [3.8, 4) is 0 Å². The molecule has 1 saturated carbocycles. The van der Waals surface area contributed by atoms with Gasteiger partial charge >= 0.3 is 0 Å². The van der Waals surface area contributed by atoms with Gasteiger partial charge in [0, 0.05) is 19.1 Å². The molecule has 1 aliphatic rings. The molecule has 1 rings (SSSR count). The molecule has 0 saturated heterocycles. The highest BCUT2D eigenvalue weighted by Gasteiger charge is 2.18. The van der Waals surface area contributed by atoms with Crippen LogP contribution in [-0.4, -0.2) is 37.1 Å². The van der Waals surface area contributed by atoms with Gasteiger partial charge in [-0.05, 0) is 32.4 Å². The zero-order valence-corrected chi connectivity index (χ0v) is 12.0. The number of nitrogens with zero attached hydrogens (tertiary/aromatic N) is 1. The zero-order chi connectivity index (χ0) is 12.3. The lowest BCUT2D eigenvalue weighted by Crippen LogP contribution is -2.40. The second-order valence-electron chi connectivity index (χ2n) is 5.38. The highest BCUT2D eigenvalue weighted by molar-refractivity contribution is 4.75. The van der Waals surface area contributed by atoms with Crippen LogP contribution < -0.4 is 5.32 Å². The SMILES string of the molecule is CCCCCNCCN(CC)C1CCCCC1. The standard InChI is InChI=1S/C15H32N2/c1-3-5-9-12-16-13-14-17(4-2)15-10-7-6-8-11-15/h15-16H,3-14H2,1-2H3. The third-order valence-corrected chi connectivity index (χ3v) is 4.03. The molecule has 0 amide bonds. The van der Waals surface area contributed by atoms with Gasteiger partial charge in [0.1, 0.15) is 0 Å². The van der Waals surface area contributed by atoms with Crippen molar-refractivity contribution in [3.05, 3.63) is 0 Å².